The lowest BCUT2D eigenvalue weighted by Gasteiger charge is -2.39. The quantitative estimate of drug-likeness (QED) is 0.432. The second kappa shape index (κ2) is 7.69. The van der Waals surface area contributed by atoms with Gasteiger partial charge in [-0.15, -0.1) is 0 Å². The molecule has 1 aliphatic heterocycles. The summed E-state index contributed by atoms with van der Waals surface area (Å²) in [5.74, 6) is 0.667. The number of aliphatic hydroxyl groups excluding tert-OH is 1. The summed E-state index contributed by atoms with van der Waals surface area (Å²) in [6.07, 6.45) is 2.26. The van der Waals surface area contributed by atoms with Crippen molar-refractivity contribution in [1.82, 2.24) is 9.55 Å². The molecule has 0 spiro atoms. The predicted octanol–water partition coefficient (Wildman–Crippen LogP) is 1.94. The molecule has 1 saturated heterocycles. The number of hydrogen-bond donors (Lipinski definition) is 3. The molecule has 0 amide bonds. The Bertz CT molecular complexity index is 867. The zero-order valence-electron chi connectivity index (χ0n) is 17.4. The second-order valence-electron chi connectivity index (χ2n) is 9.44. The Morgan fingerprint density at radius 3 is 2.77 bits per heavy atom. The van der Waals surface area contributed by atoms with Crippen LogP contribution in [-0.2, 0) is 26.0 Å². The number of nitrogens with two attached hydrogens (primary N) is 1. The van der Waals surface area contributed by atoms with Crippen LogP contribution in [0.4, 0.5) is 5.82 Å². The van der Waals surface area contributed by atoms with Crippen LogP contribution in [0.25, 0.3) is 0 Å². The molecule has 1 aromatic rings. The minimum atomic E-state index is -3.51. The van der Waals surface area contributed by atoms with Gasteiger partial charge < -0.3 is 27.8 Å². The van der Waals surface area contributed by atoms with Gasteiger partial charge in [-0.3, -0.25) is 4.57 Å². The van der Waals surface area contributed by atoms with Crippen molar-refractivity contribution >= 4 is 25.2 Å². The first-order valence-electron chi connectivity index (χ1n) is 10.3. The van der Waals surface area contributed by atoms with E-state index in [1.807, 2.05) is 0 Å². The van der Waals surface area contributed by atoms with Gasteiger partial charge in [0.25, 0.3) is 7.15 Å². The second-order valence-corrected chi connectivity index (χ2v) is 12.2. The monoisotopic (exact) mass is 459 g/mol. The van der Waals surface area contributed by atoms with E-state index in [0.717, 1.165) is 12.8 Å². The lowest BCUT2D eigenvalue weighted by molar-refractivity contribution is -0.0486. The third kappa shape index (κ3) is 3.81. The molecule has 1 aromatic heterocycles. The summed E-state index contributed by atoms with van der Waals surface area (Å²) >= 11 is 5.26. The molecule has 2 bridgehead atoms. The SMILES string of the molecule is CC1(C)[C@@H]2CC[C@@]1(C)[C@@H](O[P+](O)([S-])OC[C@H]1O[C@@H](n3ccc(N)nc3=O)C[C@@H]1O)C2. The van der Waals surface area contributed by atoms with Gasteiger partial charge >= 0.3 is 5.69 Å². The molecule has 30 heavy (non-hydrogen) atoms. The lowest BCUT2D eigenvalue weighted by atomic mass is 9.70. The van der Waals surface area contributed by atoms with Crippen molar-refractivity contribution < 1.29 is 23.8 Å². The van der Waals surface area contributed by atoms with Crippen molar-refractivity contribution in [2.24, 2.45) is 16.7 Å². The largest absolute Gasteiger partial charge is 0.459 e. The number of nitrogens with zero attached hydrogens (tertiary/aromatic N) is 2. The van der Waals surface area contributed by atoms with Gasteiger partial charge in [-0.2, -0.15) is 14.0 Å². The molecule has 4 N–H and O–H groups in total. The zero-order chi connectivity index (χ0) is 21.9. The highest BCUT2D eigenvalue weighted by molar-refractivity contribution is 8.35. The topological polar surface area (TPSA) is 129 Å². The third-order valence-corrected chi connectivity index (χ3v) is 9.31. The number of aliphatic hydroxyl groups is 1. The number of fused-ring (bicyclic) bond motifs is 2. The predicted molar refractivity (Wildman–Crippen MR) is 114 cm³/mol. The van der Waals surface area contributed by atoms with Crippen molar-refractivity contribution in [3.8, 4) is 0 Å². The molecule has 4 rings (SSSR count). The van der Waals surface area contributed by atoms with Gasteiger partial charge in [0.05, 0.1) is 6.10 Å². The first kappa shape index (κ1) is 22.5. The molecule has 11 heteroatoms. The summed E-state index contributed by atoms with van der Waals surface area (Å²) in [5.41, 5.74) is 5.03. The van der Waals surface area contributed by atoms with Crippen LogP contribution in [0.1, 0.15) is 52.7 Å². The fourth-order valence-electron chi connectivity index (χ4n) is 5.33. The molecule has 7 atom stereocenters. The van der Waals surface area contributed by atoms with Crippen molar-refractivity contribution in [2.75, 3.05) is 12.3 Å². The molecule has 0 radical (unpaired) electrons. The van der Waals surface area contributed by atoms with Crippen molar-refractivity contribution in [3.63, 3.8) is 0 Å². The van der Waals surface area contributed by atoms with E-state index in [0.29, 0.717) is 5.92 Å². The standard InChI is InChI=1S/C19H30N3O6PS/c1-18(2)11-4-6-19(18,3)14(8-11)28-29(25,30)26-10-13-12(23)9-16(27-13)22-7-5-15(20)21-17(22)24/h5,7,11-14,16,23H,4,6,8-10H2,1-3H3,(H,25,30)(H2,20,21,24)/t11-,12+,13-,14+,16-,19+,29?/m1/s1. The molecule has 0 aromatic carbocycles. The number of aromatic nitrogens is 2. The molecule has 9 nitrogen and oxygen atoms in total. The zero-order valence-corrected chi connectivity index (χ0v) is 19.1. The molecule has 2 saturated carbocycles. The smallest absolute Gasteiger partial charge is 0.351 e. The van der Waals surface area contributed by atoms with Crippen LogP contribution in [0, 0.1) is 16.7 Å². The normalized spacial score (nSPS) is 39.3. The molecular formula is C19H30N3O6PS. The minimum Gasteiger partial charge on any atom is -0.459 e. The van der Waals surface area contributed by atoms with Gasteiger partial charge in [0, 0.05) is 18.0 Å². The summed E-state index contributed by atoms with van der Waals surface area (Å²) in [7, 11) is -3.51. The summed E-state index contributed by atoms with van der Waals surface area (Å²) in [4.78, 5) is 26.3. The first-order chi connectivity index (χ1) is 13.9. The van der Waals surface area contributed by atoms with Crippen molar-refractivity contribution in [3.05, 3.63) is 22.7 Å². The van der Waals surface area contributed by atoms with Crippen LogP contribution < -0.4 is 11.4 Å². The average molecular weight is 460 g/mol. The summed E-state index contributed by atoms with van der Waals surface area (Å²) in [6.45, 7) is 6.59. The summed E-state index contributed by atoms with van der Waals surface area (Å²) in [6, 6.07) is 1.49. The van der Waals surface area contributed by atoms with Gasteiger partial charge in [0.1, 0.15) is 30.9 Å². The highest BCUT2D eigenvalue weighted by Gasteiger charge is 2.64. The van der Waals surface area contributed by atoms with Gasteiger partial charge in [0.2, 0.25) is 0 Å². The van der Waals surface area contributed by atoms with E-state index in [1.54, 1.807) is 0 Å². The fourth-order valence-corrected chi connectivity index (χ4v) is 6.86. The fraction of sp³-hybridized carbons (Fsp3) is 0.789. The maximum Gasteiger partial charge on any atom is 0.351 e. The first-order valence-corrected chi connectivity index (χ1v) is 12.9. The van der Waals surface area contributed by atoms with Crippen molar-refractivity contribution in [2.45, 2.75) is 71.0 Å². The Hall–Kier alpha value is -0.740. The molecular weight excluding hydrogens is 429 g/mol. The van der Waals surface area contributed by atoms with Crippen LogP contribution >= 0.6 is 7.15 Å². The molecule has 2 heterocycles. The van der Waals surface area contributed by atoms with E-state index in [9.17, 15) is 14.8 Å². The third-order valence-electron chi connectivity index (χ3n) is 7.74. The summed E-state index contributed by atoms with van der Waals surface area (Å²) < 4.78 is 18.5. The van der Waals surface area contributed by atoms with E-state index in [1.165, 1.54) is 23.3 Å². The van der Waals surface area contributed by atoms with E-state index >= 15 is 0 Å². The molecule has 2 aliphatic carbocycles. The van der Waals surface area contributed by atoms with Crippen LogP contribution in [0.15, 0.2) is 17.1 Å². The van der Waals surface area contributed by atoms with E-state index in [2.05, 4.69) is 25.8 Å². The Morgan fingerprint density at radius 1 is 1.43 bits per heavy atom. The molecule has 3 aliphatic rings. The summed E-state index contributed by atoms with van der Waals surface area (Å²) in [5, 5.41) is 10.3. The minimum absolute atomic E-state index is 0.0500. The van der Waals surface area contributed by atoms with Gasteiger partial charge in [-0.05, 0) is 36.7 Å². The van der Waals surface area contributed by atoms with Crippen LogP contribution in [-0.4, -0.2) is 44.5 Å². The Kier molecular flexibility index (Phi) is 5.76. The Morgan fingerprint density at radius 2 is 2.17 bits per heavy atom. The highest BCUT2D eigenvalue weighted by Crippen LogP contribution is 2.70. The van der Waals surface area contributed by atoms with E-state index in [4.69, 9.17) is 31.8 Å². The maximum atomic E-state index is 12.0. The van der Waals surface area contributed by atoms with Gasteiger partial charge in [-0.25, -0.2) is 9.69 Å². The number of hydrogen-bond acceptors (Lipinski definition) is 9. The van der Waals surface area contributed by atoms with E-state index < -0.39 is 31.3 Å². The maximum absolute atomic E-state index is 12.0. The molecule has 3 fully saturated rings. The number of rotatable bonds is 6. The van der Waals surface area contributed by atoms with Crippen LogP contribution in [0.3, 0.4) is 0 Å². The molecule has 1 unspecified atom stereocenters. The Balaban J connectivity index is 1.35. The van der Waals surface area contributed by atoms with E-state index in [-0.39, 0.29) is 35.8 Å². The molecule has 168 valence electrons. The lowest BCUT2D eigenvalue weighted by Crippen LogP contribution is -2.37. The number of ether oxygens (including phenoxy) is 1. The van der Waals surface area contributed by atoms with Gasteiger partial charge in [0.15, 0.2) is 0 Å². The number of nitrogen functional groups attached to an aromatic ring is 1. The van der Waals surface area contributed by atoms with Crippen LogP contribution in [0.5, 0.6) is 0 Å². The number of anilines is 1. The van der Waals surface area contributed by atoms with Crippen LogP contribution in [0.2, 0.25) is 0 Å². The average Bonchev–Trinajstić information content (AvgIpc) is 3.17. The highest BCUT2D eigenvalue weighted by atomic mass is 32.7. The van der Waals surface area contributed by atoms with Gasteiger partial charge in [-0.1, -0.05) is 20.8 Å². The van der Waals surface area contributed by atoms with Crippen molar-refractivity contribution in [1.29, 1.82) is 0 Å². The Labute approximate surface area is 181 Å².